The molecule has 1 aliphatic heterocycles. The van der Waals surface area contributed by atoms with Gasteiger partial charge in [0.2, 0.25) is 5.91 Å². The molecule has 1 aromatic carbocycles. The minimum atomic E-state index is 0.0789. The fourth-order valence-corrected chi connectivity index (χ4v) is 3.17. The van der Waals surface area contributed by atoms with Crippen molar-refractivity contribution in [2.24, 2.45) is 0 Å². The number of carbonyl (C=O) groups excluding carboxylic acids is 1. The fraction of sp³-hybridized carbons (Fsp3) is 0.412. The Morgan fingerprint density at radius 1 is 1.12 bits per heavy atom. The molecule has 1 saturated heterocycles. The number of hydrogen-bond donors (Lipinski definition) is 0. The minimum absolute atomic E-state index is 0.0789. The Bertz CT molecular complexity index is 723. The Hall–Kier alpha value is -1.56. The second kappa shape index (κ2) is 7.55. The van der Waals surface area contributed by atoms with Gasteiger partial charge in [-0.25, -0.2) is 0 Å². The average Bonchev–Trinajstić information content (AvgIpc) is 2.90. The topological polar surface area (TPSA) is 41.4 Å². The van der Waals surface area contributed by atoms with Crippen LogP contribution in [0.5, 0.6) is 0 Å². The van der Waals surface area contributed by atoms with Gasteiger partial charge in [-0.15, -0.1) is 0 Å². The minimum Gasteiger partial charge on any atom is -0.339 e. The number of amides is 1. The van der Waals surface area contributed by atoms with Crippen LogP contribution in [-0.4, -0.2) is 51.7 Å². The molecule has 3 rings (SSSR count). The summed E-state index contributed by atoms with van der Waals surface area (Å²) in [5, 5.41) is 5.53. The van der Waals surface area contributed by atoms with E-state index in [4.69, 9.17) is 23.2 Å². The average molecular weight is 367 g/mol. The molecule has 1 amide bonds. The summed E-state index contributed by atoms with van der Waals surface area (Å²) in [5.74, 6) is 0.0789. The predicted octanol–water partition coefficient (Wildman–Crippen LogP) is 2.84. The SMILES string of the molecule is Cc1c(Cl)cnn1CC(=O)N1CCN(Cc2ccccc2Cl)CC1. The number of halogens is 2. The van der Waals surface area contributed by atoms with E-state index in [1.165, 1.54) is 0 Å². The number of hydrogen-bond acceptors (Lipinski definition) is 3. The lowest BCUT2D eigenvalue weighted by molar-refractivity contribution is -0.133. The fourth-order valence-electron chi connectivity index (χ4n) is 2.83. The van der Waals surface area contributed by atoms with Crippen molar-refractivity contribution in [1.82, 2.24) is 19.6 Å². The van der Waals surface area contributed by atoms with Crippen molar-refractivity contribution in [3.05, 3.63) is 51.8 Å². The van der Waals surface area contributed by atoms with Crippen LogP contribution in [0.2, 0.25) is 10.0 Å². The first-order valence-corrected chi connectivity index (χ1v) is 8.71. The van der Waals surface area contributed by atoms with E-state index in [2.05, 4.69) is 10.00 Å². The molecule has 0 bridgehead atoms. The van der Waals surface area contributed by atoms with Gasteiger partial charge in [0.25, 0.3) is 0 Å². The summed E-state index contributed by atoms with van der Waals surface area (Å²) < 4.78 is 1.65. The van der Waals surface area contributed by atoms with E-state index in [1.54, 1.807) is 10.9 Å². The number of carbonyl (C=O) groups is 1. The molecule has 1 aliphatic rings. The second-order valence-corrected chi connectivity index (χ2v) is 6.80. The van der Waals surface area contributed by atoms with E-state index < -0.39 is 0 Å². The first kappa shape index (κ1) is 17.3. The molecule has 1 aromatic heterocycles. The van der Waals surface area contributed by atoms with Gasteiger partial charge in [0.15, 0.2) is 0 Å². The van der Waals surface area contributed by atoms with Crippen LogP contribution in [0, 0.1) is 6.92 Å². The zero-order chi connectivity index (χ0) is 17.1. The van der Waals surface area contributed by atoms with Crippen molar-refractivity contribution < 1.29 is 4.79 Å². The van der Waals surface area contributed by atoms with Gasteiger partial charge in [-0.3, -0.25) is 14.4 Å². The maximum absolute atomic E-state index is 12.4. The molecule has 0 aliphatic carbocycles. The van der Waals surface area contributed by atoms with Crippen LogP contribution >= 0.6 is 23.2 Å². The third-order valence-corrected chi connectivity index (χ3v) is 5.14. The van der Waals surface area contributed by atoms with Crippen molar-refractivity contribution in [3.8, 4) is 0 Å². The highest BCUT2D eigenvalue weighted by atomic mass is 35.5. The van der Waals surface area contributed by atoms with Crippen molar-refractivity contribution in [3.63, 3.8) is 0 Å². The van der Waals surface area contributed by atoms with Gasteiger partial charge in [-0.2, -0.15) is 5.10 Å². The molecule has 5 nitrogen and oxygen atoms in total. The van der Waals surface area contributed by atoms with E-state index in [0.29, 0.717) is 5.02 Å². The number of piperazine rings is 1. The Balaban J connectivity index is 1.52. The molecule has 7 heteroatoms. The van der Waals surface area contributed by atoms with E-state index in [9.17, 15) is 4.79 Å². The van der Waals surface area contributed by atoms with E-state index in [1.807, 2.05) is 36.1 Å². The zero-order valence-electron chi connectivity index (χ0n) is 13.6. The molecule has 0 atom stereocenters. The number of rotatable bonds is 4. The standard InChI is InChI=1S/C17H20Cl2N4O/c1-13-16(19)10-20-23(13)12-17(24)22-8-6-21(7-9-22)11-14-4-2-3-5-15(14)18/h2-5,10H,6-9,11-12H2,1H3. The summed E-state index contributed by atoms with van der Waals surface area (Å²) in [6, 6.07) is 7.89. The number of aromatic nitrogens is 2. The smallest absolute Gasteiger partial charge is 0.244 e. The first-order chi connectivity index (χ1) is 11.5. The molecule has 0 N–H and O–H groups in total. The van der Waals surface area contributed by atoms with Gasteiger partial charge in [0.1, 0.15) is 6.54 Å². The Morgan fingerprint density at radius 2 is 1.83 bits per heavy atom. The Kier molecular flexibility index (Phi) is 5.43. The van der Waals surface area contributed by atoms with Gasteiger partial charge < -0.3 is 4.90 Å². The quantitative estimate of drug-likeness (QED) is 0.835. The van der Waals surface area contributed by atoms with Crippen LogP contribution in [0.4, 0.5) is 0 Å². The van der Waals surface area contributed by atoms with Crippen LogP contribution in [-0.2, 0) is 17.9 Å². The molecule has 0 radical (unpaired) electrons. The highest BCUT2D eigenvalue weighted by molar-refractivity contribution is 6.31. The summed E-state index contributed by atoms with van der Waals surface area (Å²) in [7, 11) is 0. The molecule has 0 saturated carbocycles. The third kappa shape index (κ3) is 3.91. The first-order valence-electron chi connectivity index (χ1n) is 7.96. The molecular weight excluding hydrogens is 347 g/mol. The zero-order valence-corrected chi connectivity index (χ0v) is 15.1. The van der Waals surface area contributed by atoms with Crippen molar-refractivity contribution in [2.45, 2.75) is 20.0 Å². The lowest BCUT2D eigenvalue weighted by Gasteiger charge is -2.35. The van der Waals surface area contributed by atoms with Crippen LogP contribution in [0.25, 0.3) is 0 Å². The van der Waals surface area contributed by atoms with Crippen molar-refractivity contribution in [2.75, 3.05) is 26.2 Å². The van der Waals surface area contributed by atoms with Crippen LogP contribution in [0.15, 0.2) is 30.5 Å². The molecule has 24 heavy (non-hydrogen) atoms. The monoisotopic (exact) mass is 366 g/mol. The predicted molar refractivity (Wildman–Crippen MR) is 95.3 cm³/mol. The van der Waals surface area contributed by atoms with Crippen LogP contribution in [0.1, 0.15) is 11.3 Å². The molecule has 1 fully saturated rings. The molecular formula is C17H20Cl2N4O. The molecule has 2 heterocycles. The summed E-state index contributed by atoms with van der Waals surface area (Å²) in [5.41, 5.74) is 1.95. The summed E-state index contributed by atoms with van der Waals surface area (Å²) in [6.45, 7) is 6.04. The van der Waals surface area contributed by atoms with Gasteiger partial charge >= 0.3 is 0 Å². The Labute approximate surface area is 151 Å². The lowest BCUT2D eigenvalue weighted by Crippen LogP contribution is -2.49. The lowest BCUT2D eigenvalue weighted by atomic mass is 10.2. The van der Waals surface area contributed by atoms with Gasteiger partial charge in [0, 0.05) is 37.7 Å². The molecule has 2 aromatic rings. The highest BCUT2D eigenvalue weighted by Gasteiger charge is 2.22. The van der Waals surface area contributed by atoms with Gasteiger partial charge in [-0.1, -0.05) is 41.4 Å². The van der Waals surface area contributed by atoms with Crippen LogP contribution in [0.3, 0.4) is 0 Å². The molecule has 128 valence electrons. The van der Waals surface area contributed by atoms with E-state index >= 15 is 0 Å². The van der Waals surface area contributed by atoms with E-state index in [0.717, 1.165) is 49.0 Å². The highest BCUT2D eigenvalue weighted by Crippen LogP contribution is 2.18. The maximum Gasteiger partial charge on any atom is 0.244 e. The van der Waals surface area contributed by atoms with Crippen LogP contribution < -0.4 is 0 Å². The van der Waals surface area contributed by atoms with Gasteiger partial charge in [0.05, 0.1) is 16.9 Å². The molecule has 0 unspecified atom stereocenters. The summed E-state index contributed by atoms with van der Waals surface area (Å²) >= 11 is 12.2. The second-order valence-electron chi connectivity index (χ2n) is 5.98. The number of nitrogens with zero attached hydrogens (tertiary/aromatic N) is 4. The maximum atomic E-state index is 12.4. The third-order valence-electron chi connectivity index (χ3n) is 4.41. The van der Waals surface area contributed by atoms with Crippen molar-refractivity contribution >= 4 is 29.1 Å². The van der Waals surface area contributed by atoms with E-state index in [-0.39, 0.29) is 12.5 Å². The van der Waals surface area contributed by atoms with Crippen molar-refractivity contribution in [1.29, 1.82) is 0 Å². The normalized spacial score (nSPS) is 15.7. The number of benzene rings is 1. The van der Waals surface area contributed by atoms with Gasteiger partial charge in [-0.05, 0) is 18.6 Å². The summed E-state index contributed by atoms with van der Waals surface area (Å²) in [6.07, 6.45) is 1.58. The Morgan fingerprint density at radius 3 is 2.46 bits per heavy atom. The largest absolute Gasteiger partial charge is 0.339 e. The summed E-state index contributed by atoms with van der Waals surface area (Å²) in [4.78, 5) is 16.6. The molecule has 0 spiro atoms.